The van der Waals surface area contributed by atoms with Gasteiger partial charge >= 0.3 is 0 Å². The lowest BCUT2D eigenvalue weighted by Gasteiger charge is -2.08. The minimum Gasteiger partial charge on any atom is -0.379 e. The molecular formula is C10H17N3O. The summed E-state index contributed by atoms with van der Waals surface area (Å²) in [6.45, 7) is 3.79. The van der Waals surface area contributed by atoms with E-state index >= 15 is 0 Å². The summed E-state index contributed by atoms with van der Waals surface area (Å²) in [6.07, 6.45) is 5.12. The van der Waals surface area contributed by atoms with E-state index in [1.165, 1.54) is 5.56 Å². The van der Waals surface area contributed by atoms with Crippen LogP contribution in [0.25, 0.3) is 0 Å². The van der Waals surface area contributed by atoms with E-state index in [9.17, 15) is 0 Å². The molecule has 0 aromatic carbocycles. The van der Waals surface area contributed by atoms with Crippen molar-refractivity contribution >= 4 is 0 Å². The van der Waals surface area contributed by atoms with Crippen molar-refractivity contribution < 1.29 is 4.74 Å². The molecule has 1 aromatic rings. The summed E-state index contributed by atoms with van der Waals surface area (Å²) in [4.78, 5) is 0. The maximum atomic E-state index is 5.33. The van der Waals surface area contributed by atoms with E-state index in [0.717, 1.165) is 19.6 Å². The lowest BCUT2D eigenvalue weighted by molar-refractivity contribution is 0.184. The van der Waals surface area contributed by atoms with Crippen molar-refractivity contribution in [3.63, 3.8) is 0 Å². The molecule has 1 aliphatic rings. The fraction of sp³-hybridized carbons (Fsp3) is 0.700. The Morgan fingerprint density at radius 2 is 2.57 bits per heavy atom. The minimum absolute atomic E-state index is 0.367. The second-order valence-corrected chi connectivity index (χ2v) is 3.78. The molecule has 1 N–H and O–H groups in total. The summed E-state index contributed by atoms with van der Waals surface area (Å²) < 4.78 is 7.36. The minimum atomic E-state index is 0.367. The predicted octanol–water partition coefficient (Wildman–Crippen LogP) is 1.12. The molecule has 0 aliphatic carbocycles. The van der Waals surface area contributed by atoms with E-state index in [1.54, 1.807) is 0 Å². The number of nitrogens with zero attached hydrogens (tertiary/aromatic N) is 2. The molecule has 78 valence electrons. The van der Waals surface area contributed by atoms with Gasteiger partial charge in [0.1, 0.15) is 0 Å². The van der Waals surface area contributed by atoms with Crippen molar-refractivity contribution in [2.45, 2.75) is 25.4 Å². The molecule has 4 nitrogen and oxygen atoms in total. The fourth-order valence-electron chi connectivity index (χ4n) is 1.67. The lowest BCUT2D eigenvalue weighted by atomic mass is 10.2. The first kappa shape index (κ1) is 9.68. The molecule has 1 saturated heterocycles. The molecule has 1 aromatic heterocycles. The second kappa shape index (κ2) is 4.11. The van der Waals surface area contributed by atoms with Gasteiger partial charge in [0, 0.05) is 24.4 Å². The average Bonchev–Trinajstić information content (AvgIpc) is 2.86. The van der Waals surface area contributed by atoms with Crippen LogP contribution in [0.5, 0.6) is 0 Å². The number of rotatable bonds is 3. The van der Waals surface area contributed by atoms with E-state index in [2.05, 4.69) is 23.5 Å². The number of hydrogen-bond donors (Lipinski definition) is 1. The Bertz CT molecular complexity index is 291. The normalized spacial score (nSPS) is 24.0. The monoisotopic (exact) mass is 195 g/mol. The van der Waals surface area contributed by atoms with Crippen molar-refractivity contribution in [2.24, 2.45) is 0 Å². The van der Waals surface area contributed by atoms with Crippen molar-refractivity contribution in [3.05, 3.63) is 18.0 Å². The van der Waals surface area contributed by atoms with Gasteiger partial charge in [-0.2, -0.15) is 5.10 Å². The van der Waals surface area contributed by atoms with Crippen LogP contribution in [-0.4, -0.2) is 30.0 Å². The molecule has 0 bridgehead atoms. The summed E-state index contributed by atoms with van der Waals surface area (Å²) >= 11 is 0. The fourth-order valence-corrected chi connectivity index (χ4v) is 1.67. The van der Waals surface area contributed by atoms with E-state index in [-0.39, 0.29) is 0 Å². The molecule has 2 atom stereocenters. The van der Waals surface area contributed by atoms with Crippen LogP contribution < -0.4 is 5.32 Å². The van der Waals surface area contributed by atoms with E-state index < -0.39 is 0 Å². The summed E-state index contributed by atoms with van der Waals surface area (Å²) in [7, 11) is 1.96. The topological polar surface area (TPSA) is 39.1 Å². The van der Waals surface area contributed by atoms with Gasteiger partial charge in [-0.15, -0.1) is 0 Å². The Morgan fingerprint density at radius 3 is 3.21 bits per heavy atom. The van der Waals surface area contributed by atoms with Crippen molar-refractivity contribution in [2.75, 3.05) is 20.3 Å². The molecule has 0 saturated carbocycles. The highest BCUT2D eigenvalue weighted by Crippen LogP contribution is 2.19. The van der Waals surface area contributed by atoms with Crippen LogP contribution in [-0.2, 0) is 4.74 Å². The van der Waals surface area contributed by atoms with Crippen LogP contribution in [0.3, 0.4) is 0 Å². The Morgan fingerprint density at radius 1 is 1.71 bits per heavy atom. The highest BCUT2D eigenvalue weighted by atomic mass is 16.5. The van der Waals surface area contributed by atoms with E-state index in [0.29, 0.717) is 12.1 Å². The Labute approximate surface area is 84.3 Å². The summed E-state index contributed by atoms with van der Waals surface area (Å²) in [6, 6.07) is 0.805. The zero-order valence-electron chi connectivity index (χ0n) is 8.73. The van der Waals surface area contributed by atoms with Gasteiger partial charge in [0.25, 0.3) is 0 Å². The van der Waals surface area contributed by atoms with Gasteiger partial charge < -0.3 is 10.1 Å². The summed E-state index contributed by atoms with van der Waals surface area (Å²) in [5.74, 6) is 0. The van der Waals surface area contributed by atoms with Gasteiger partial charge in [0.05, 0.1) is 18.8 Å². The highest BCUT2D eigenvalue weighted by molar-refractivity contribution is 5.09. The van der Waals surface area contributed by atoms with Crippen LogP contribution in [0.2, 0.25) is 0 Å². The third-order valence-corrected chi connectivity index (χ3v) is 2.83. The maximum Gasteiger partial charge on any atom is 0.0774 e. The number of nitrogens with one attached hydrogen (secondary N) is 1. The first-order chi connectivity index (χ1) is 6.81. The molecule has 0 amide bonds. The Hall–Kier alpha value is -0.870. The molecule has 0 radical (unpaired) electrons. The maximum absolute atomic E-state index is 5.33. The molecule has 2 unspecified atom stereocenters. The van der Waals surface area contributed by atoms with Gasteiger partial charge in [-0.1, -0.05) is 0 Å². The number of ether oxygens (including phenoxy) is 1. The van der Waals surface area contributed by atoms with Crippen LogP contribution in [0.1, 0.15) is 31.0 Å². The lowest BCUT2D eigenvalue weighted by Crippen LogP contribution is -2.12. The van der Waals surface area contributed by atoms with Crippen molar-refractivity contribution in [1.29, 1.82) is 0 Å². The zero-order chi connectivity index (χ0) is 9.97. The number of aromatic nitrogens is 2. The zero-order valence-corrected chi connectivity index (χ0v) is 8.73. The molecular weight excluding hydrogens is 178 g/mol. The molecule has 4 heteroatoms. The van der Waals surface area contributed by atoms with Crippen LogP contribution in [0, 0.1) is 0 Å². The molecule has 14 heavy (non-hydrogen) atoms. The van der Waals surface area contributed by atoms with E-state index in [4.69, 9.17) is 4.74 Å². The SMILES string of the molecule is CNC(C)c1cnn(C2CCOC2)c1. The van der Waals surface area contributed by atoms with Crippen LogP contribution in [0.4, 0.5) is 0 Å². The second-order valence-electron chi connectivity index (χ2n) is 3.78. The van der Waals surface area contributed by atoms with Crippen LogP contribution >= 0.6 is 0 Å². The van der Waals surface area contributed by atoms with Gasteiger partial charge in [0.2, 0.25) is 0 Å². The van der Waals surface area contributed by atoms with Crippen LogP contribution in [0.15, 0.2) is 12.4 Å². The summed E-state index contributed by atoms with van der Waals surface area (Å²) in [5.41, 5.74) is 1.24. The third kappa shape index (κ3) is 1.81. The van der Waals surface area contributed by atoms with Crippen molar-refractivity contribution in [3.8, 4) is 0 Å². The first-order valence-electron chi connectivity index (χ1n) is 5.10. The third-order valence-electron chi connectivity index (χ3n) is 2.83. The number of hydrogen-bond acceptors (Lipinski definition) is 3. The summed E-state index contributed by atoms with van der Waals surface area (Å²) in [5, 5.41) is 7.56. The molecule has 2 rings (SSSR count). The Kier molecular flexibility index (Phi) is 2.84. The smallest absolute Gasteiger partial charge is 0.0774 e. The standard InChI is InChI=1S/C10H17N3O/c1-8(11-2)9-5-12-13(6-9)10-3-4-14-7-10/h5-6,8,10-11H,3-4,7H2,1-2H3. The highest BCUT2D eigenvalue weighted by Gasteiger charge is 2.18. The largest absolute Gasteiger partial charge is 0.379 e. The van der Waals surface area contributed by atoms with Crippen molar-refractivity contribution in [1.82, 2.24) is 15.1 Å². The van der Waals surface area contributed by atoms with Gasteiger partial charge in [-0.25, -0.2) is 0 Å². The average molecular weight is 195 g/mol. The Balaban J connectivity index is 2.08. The predicted molar refractivity (Wildman–Crippen MR) is 54.2 cm³/mol. The quantitative estimate of drug-likeness (QED) is 0.785. The molecule has 2 heterocycles. The van der Waals surface area contributed by atoms with Gasteiger partial charge in [0.15, 0.2) is 0 Å². The molecule has 0 spiro atoms. The van der Waals surface area contributed by atoms with Gasteiger partial charge in [-0.05, 0) is 20.4 Å². The molecule has 1 aliphatic heterocycles. The first-order valence-corrected chi connectivity index (χ1v) is 5.10. The molecule has 1 fully saturated rings. The van der Waals surface area contributed by atoms with Gasteiger partial charge in [-0.3, -0.25) is 4.68 Å². The van der Waals surface area contributed by atoms with E-state index in [1.807, 2.05) is 17.9 Å².